The molecule has 3 heteroatoms. The molecule has 0 aromatic rings. The van der Waals surface area contributed by atoms with Crippen molar-refractivity contribution in [2.45, 2.75) is 123 Å². The van der Waals surface area contributed by atoms with Crippen LogP contribution in [0.15, 0.2) is 0 Å². The fourth-order valence-electron chi connectivity index (χ4n) is 2.80. The monoisotopic (exact) mass is 343 g/mol. The van der Waals surface area contributed by atoms with Crippen LogP contribution in [0.3, 0.4) is 0 Å². The number of hydrogen-bond donors (Lipinski definition) is 1. The van der Waals surface area contributed by atoms with E-state index in [1.165, 1.54) is 83.5 Å². The van der Waals surface area contributed by atoms with Crippen molar-refractivity contribution in [1.82, 2.24) is 5.48 Å². The summed E-state index contributed by atoms with van der Waals surface area (Å²) in [6, 6.07) is 0. The lowest BCUT2D eigenvalue weighted by Crippen LogP contribution is -2.32. The van der Waals surface area contributed by atoms with Crippen LogP contribution in [0.25, 0.3) is 0 Å². The van der Waals surface area contributed by atoms with Gasteiger partial charge in [-0.05, 0) is 19.3 Å². The first-order valence-corrected chi connectivity index (χ1v) is 10.8. The summed E-state index contributed by atoms with van der Waals surface area (Å²) in [6.45, 7) is 8.31. The van der Waals surface area contributed by atoms with Gasteiger partial charge in [-0.1, -0.05) is 97.8 Å². The number of hydroxylamine groups is 1. The number of rotatable bonds is 20. The smallest absolute Gasteiger partial charge is 0.130 e. The maximum Gasteiger partial charge on any atom is 0.130 e. The van der Waals surface area contributed by atoms with E-state index in [-0.39, 0.29) is 6.23 Å². The third kappa shape index (κ3) is 18.2. The molecule has 1 atom stereocenters. The fourth-order valence-corrected chi connectivity index (χ4v) is 2.80. The van der Waals surface area contributed by atoms with Crippen molar-refractivity contribution in [1.29, 1.82) is 0 Å². The zero-order chi connectivity index (χ0) is 17.7. The number of ether oxygens (including phenoxy) is 1. The largest absolute Gasteiger partial charge is 0.361 e. The van der Waals surface area contributed by atoms with Crippen LogP contribution in [0.5, 0.6) is 0 Å². The van der Waals surface area contributed by atoms with Gasteiger partial charge in [0, 0.05) is 6.61 Å². The molecule has 3 nitrogen and oxygen atoms in total. The van der Waals surface area contributed by atoms with E-state index in [2.05, 4.69) is 26.3 Å². The van der Waals surface area contributed by atoms with Crippen LogP contribution in [-0.4, -0.2) is 19.4 Å². The van der Waals surface area contributed by atoms with Gasteiger partial charge >= 0.3 is 0 Å². The van der Waals surface area contributed by atoms with Crippen LogP contribution >= 0.6 is 0 Å². The molecule has 1 N–H and O–H groups in total. The summed E-state index contributed by atoms with van der Waals surface area (Å²) in [5.41, 5.74) is 3.07. The van der Waals surface area contributed by atoms with Crippen molar-refractivity contribution in [3.8, 4) is 0 Å². The summed E-state index contributed by atoms with van der Waals surface area (Å²) in [4.78, 5) is 5.55. The Balaban J connectivity index is 3.28. The van der Waals surface area contributed by atoms with Crippen LogP contribution in [-0.2, 0) is 9.57 Å². The van der Waals surface area contributed by atoms with Gasteiger partial charge in [0.15, 0.2) is 0 Å². The van der Waals surface area contributed by atoms with Gasteiger partial charge in [0.1, 0.15) is 6.23 Å². The Bertz CT molecular complexity index is 224. The van der Waals surface area contributed by atoms with Gasteiger partial charge in [0.25, 0.3) is 0 Å². The van der Waals surface area contributed by atoms with Gasteiger partial charge in [-0.3, -0.25) is 4.84 Å². The lowest BCUT2D eigenvalue weighted by Gasteiger charge is -2.17. The third-order valence-electron chi connectivity index (χ3n) is 4.50. The molecule has 0 fully saturated rings. The Morgan fingerprint density at radius 2 is 1.04 bits per heavy atom. The molecular weight excluding hydrogens is 298 g/mol. The van der Waals surface area contributed by atoms with Crippen LogP contribution in [0.4, 0.5) is 0 Å². The van der Waals surface area contributed by atoms with Gasteiger partial charge in [-0.25, -0.2) is 0 Å². The highest BCUT2D eigenvalue weighted by Crippen LogP contribution is 2.09. The first kappa shape index (κ1) is 23.9. The zero-order valence-electron chi connectivity index (χ0n) is 16.9. The zero-order valence-corrected chi connectivity index (χ0v) is 16.9. The van der Waals surface area contributed by atoms with E-state index >= 15 is 0 Å². The molecule has 0 heterocycles. The number of unbranched alkanes of at least 4 members (excludes halogenated alkanes) is 12. The number of hydrogen-bond acceptors (Lipinski definition) is 3. The van der Waals surface area contributed by atoms with E-state index < -0.39 is 0 Å². The minimum atomic E-state index is 0.0506. The Kier molecular flexibility index (Phi) is 20.8. The highest BCUT2D eigenvalue weighted by atomic mass is 16.7. The molecule has 0 bridgehead atoms. The molecule has 0 saturated carbocycles. The van der Waals surface area contributed by atoms with Crippen molar-refractivity contribution >= 4 is 0 Å². The summed E-state index contributed by atoms with van der Waals surface area (Å²) in [5, 5.41) is 0. The molecule has 146 valence electrons. The van der Waals surface area contributed by atoms with Gasteiger partial charge in [-0.2, -0.15) is 5.48 Å². The average molecular weight is 344 g/mol. The highest BCUT2D eigenvalue weighted by molar-refractivity contribution is 4.49. The minimum Gasteiger partial charge on any atom is -0.361 e. The molecular formula is C21H45NO2. The van der Waals surface area contributed by atoms with Crippen molar-refractivity contribution in [2.24, 2.45) is 0 Å². The van der Waals surface area contributed by atoms with Gasteiger partial charge in [-0.15, -0.1) is 0 Å². The molecule has 0 aromatic heterocycles. The molecule has 0 aromatic carbocycles. The number of nitrogens with one attached hydrogen (secondary N) is 1. The quantitative estimate of drug-likeness (QED) is 0.150. The Morgan fingerprint density at radius 1 is 0.583 bits per heavy atom. The second-order valence-corrected chi connectivity index (χ2v) is 6.98. The molecule has 1 unspecified atom stereocenters. The molecule has 0 aliphatic carbocycles. The predicted molar refractivity (Wildman–Crippen MR) is 105 cm³/mol. The van der Waals surface area contributed by atoms with Crippen molar-refractivity contribution in [3.05, 3.63) is 0 Å². The van der Waals surface area contributed by atoms with Crippen LogP contribution < -0.4 is 5.48 Å². The molecule has 0 amide bonds. The van der Waals surface area contributed by atoms with E-state index in [0.717, 1.165) is 26.1 Å². The molecule has 0 rings (SSSR count). The summed E-state index contributed by atoms with van der Waals surface area (Å²) < 4.78 is 5.86. The fraction of sp³-hybridized carbons (Fsp3) is 1.00. The van der Waals surface area contributed by atoms with Crippen LogP contribution in [0.1, 0.15) is 117 Å². The molecule has 0 saturated heterocycles. The van der Waals surface area contributed by atoms with Crippen LogP contribution in [0, 0.1) is 0 Å². The van der Waals surface area contributed by atoms with Crippen molar-refractivity contribution in [2.75, 3.05) is 13.2 Å². The normalized spacial score (nSPS) is 12.6. The Morgan fingerprint density at radius 3 is 1.54 bits per heavy atom. The SMILES string of the molecule is CCCCCCCCCCOC(CC)NOCCCCCCCC. The van der Waals surface area contributed by atoms with Crippen molar-refractivity contribution in [3.63, 3.8) is 0 Å². The van der Waals surface area contributed by atoms with Gasteiger partial charge in [0.05, 0.1) is 6.61 Å². The average Bonchev–Trinajstić information content (AvgIpc) is 2.60. The van der Waals surface area contributed by atoms with Crippen LogP contribution in [0.2, 0.25) is 0 Å². The molecule has 0 aliphatic rings. The van der Waals surface area contributed by atoms with Gasteiger partial charge in [0.2, 0.25) is 0 Å². The molecule has 0 aliphatic heterocycles. The maximum atomic E-state index is 5.86. The first-order valence-electron chi connectivity index (χ1n) is 10.8. The lowest BCUT2D eigenvalue weighted by atomic mass is 10.1. The molecule has 0 spiro atoms. The van der Waals surface area contributed by atoms with E-state index in [4.69, 9.17) is 9.57 Å². The Hall–Kier alpha value is -0.120. The summed E-state index contributed by atoms with van der Waals surface area (Å²) in [5.74, 6) is 0. The summed E-state index contributed by atoms with van der Waals surface area (Å²) >= 11 is 0. The standard InChI is InChI=1S/C21H45NO2/c1-4-7-9-11-13-14-15-17-19-23-21(6-3)22-24-20-18-16-12-10-8-5-2/h21-22H,4-20H2,1-3H3. The van der Waals surface area contributed by atoms with E-state index in [1.54, 1.807) is 0 Å². The second-order valence-electron chi connectivity index (χ2n) is 6.98. The molecule has 24 heavy (non-hydrogen) atoms. The lowest BCUT2D eigenvalue weighted by molar-refractivity contribution is -0.0932. The second kappa shape index (κ2) is 20.9. The van der Waals surface area contributed by atoms with Gasteiger partial charge < -0.3 is 4.74 Å². The molecule has 0 radical (unpaired) electrons. The maximum absolute atomic E-state index is 5.86. The predicted octanol–water partition coefficient (Wildman–Crippen LogP) is 6.76. The summed E-state index contributed by atoms with van der Waals surface area (Å²) in [6.07, 6.45) is 19.5. The van der Waals surface area contributed by atoms with E-state index in [1.807, 2.05) is 0 Å². The Labute approximate surface area is 152 Å². The minimum absolute atomic E-state index is 0.0506. The first-order chi connectivity index (χ1) is 11.8. The van der Waals surface area contributed by atoms with Crippen molar-refractivity contribution < 1.29 is 9.57 Å². The highest BCUT2D eigenvalue weighted by Gasteiger charge is 2.05. The summed E-state index contributed by atoms with van der Waals surface area (Å²) in [7, 11) is 0. The topological polar surface area (TPSA) is 30.5 Å². The third-order valence-corrected chi connectivity index (χ3v) is 4.50. The van der Waals surface area contributed by atoms with E-state index in [9.17, 15) is 0 Å². The van der Waals surface area contributed by atoms with E-state index in [0.29, 0.717) is 0 Å².